The summed E-state index contributed by atoms with van der Waals surface area (Å²) in [5.41, 5.74) is 1.80. The molecule has 1 N–H and O–H groups in total. The number of carbonyl (C=O) groups is 1. The van der Waals surface area contributed by atoms with E-state index in [0.29, 0.717) is 5.70 Å². The van der Waals surface area contributed by atoms with Crippen LogP contribution in [0.15, 0.2) is 16.3 Å². The molecule has 1 aliphatic rings. The summed E-state index contributed by atoms with van der Waals surface area (Å²) in [6, 6.07) is 0. The molecule has 0 unspecified atom stereocenters. The predicted molar refractivity (Wildman–Crippen MR) is 58.1 cm³/mol. The first-order valence-electron chi connectivity index (χ1n) is 5.33. The van der Waals surface area contributed by atoms with Gasteiger partial charge in [0.2, 0.25) is 0 Å². The molecule has 1 aliphatic heterocycles. The Bertz CT molecular complexity index is 284. The quantitative estimate of drug-likeness (QED) is 0.686. The lowest BCUT2D eigenvalue weighted by Crippen LogP contribution is -2.23. The second kappa shape index (κ2) is 4.94. The summed E-state index contributed by atoms with van der Waals surface area (Å²) in [6.07, 6.45) is 3.68. The Morgan fingerprint density at radius 1 is 1.29 bits per heavy atom. The van der Waals surface area contributed by atoms with Gasteiger partial charge in [0.25, 0.3) is 5.91 Å². The molecule has 0 bridgehead atoms. The molecule has 3 nitrogen and oxygen atoms in total. The zero-order valence-corrected chi connectivity index (χ0v) is 9.18. The second-order valence-electron chi connectivity index (χ2n) is 3.42. The Balaban J connectivity index is 2.89. The van der Waals surface area contributed by atoms with Gasteiger partial charge in [0.05, 0.1) is 0 Å². The lowest BCUT2D eigenvalue weighted by molar-refractivity contribution is -0.115. The first-order valence-corrected chi connectivity index (χ1v) is 5.33. The monoisotopic (exact) mass is 194 g/mol. The van der Waals surface area contributed by atoms with Crippen LogP contribution in [-0.4, -0.2) is 11.7 Å². The van der Waals surface area contributed by atoms with Crippen molar-refractivity contribution in [2.75, 3.05) is 0 Å². The molecule has 78 valence electrons. The first-order chi connectivity index (χ1) is 6.72. The highest BCUT2D eigenvalue weighted by molar-refractivity contribution is 6.12. The van der Waals surface area contributed by atoms with Gasteiger partial charge in [-0.2, -0.15) is 0 Å². The minimum atomic E-state index is -0.0212. The fraction of sp³-hybridized carbons (Fsp3) is 0.636. The summed E-state index contributed by atoms with van der Waals surface area (Å²) in [5.74, 6) is 0.805. The number of carbonyl (C=O) groups excluding carboxylic acids is 1. The fourth-order valence-electron chi connectivity index (χ4n) is 1.58. The first kappa shape index (κ1) is 11.0. The fourth-order valence-corrected chi connectivity index (χ4v) is 1.58. The minimum Gasteiger partial charge on any atom is -0.309 e. The highest BCUT2D eigenvalue weighted by atomic mass is 16.2. The number of nitrogens with zero attached hydrogens (tertiary/aromatic N) is 1. The van der Waals surface area contributed by atoms with Crippen molar-refractivity contribution in [1.82, 2.24) is 5.32 Å². The Morgan fingerprint density at radius 2 is 1.93 bits per heavy atom. The van der Waals surface area contributed by atoms with E-state index in [0.717, 1.165) is 37.1 Å². The normalized spacial score (nSPS) is 15.5. The molecule has 0 saturated heterocycles. The number of aliphatic imine (C=N–C) groups is 1. The van der Waals surface area contributed by atoms with Crippen LogP contribution >= 0.6 is 0 Å². The van der Waals surface area contributed by atoms with E-state index in [1.807, 2.05) is 0 Å². The van der Waals surface area contributed by atoms with Crippen molar-refractivity contribution in [3.63, 3.8) is 0 Å². The van der Waals surface area contributed by atoms with E-state index >= 15 is 0 Å². The van der Waals surface area contributed by atoms with Crippen LogP contribution in [0.2, 0.25) is 0 Å². The van der Waals surface area contributed by atoms with Gasteiger partial charge in [0.15, 0.2) is 0 Å². The number of rotatable bonds is 4. The second-order valence-corrected chi connectivity index (χ2v) is 3.42. The highest BCUT2D eigenvalue weighted by Crippen LogP contribution is 2.18. The van der Waals surface area contributed by atoms with E-state index in [1.54, 1.807) is 0 Å². The molecular formula is C11H18N2O. The van der Waals surface area contributed by atoms with E-state index in [4.69, 9.17) is 0 Å². The molecule has 0 fully saturated rings. The topological polar surface area (TPSA) is 41.5 Å². The van der Waals surface area contributed by atoms with Crippen molar-refractivity contribution in [2.45, 2.75) is 46.5 Å². The third-order valence-corrected chi connectivity index (χ3v) is 2.39. The maximum atomic E-state index is 11.5. The zero-order chi connectivity index (χ0) is 10.6. The van der Waals surface area contributed by atoms with Crippen molar-refractivity contribution in [3.8, 4) is 0 Å². The Hall–Kier alpha value is -1.12. The van der Waals surface area contributed by atoms with E-state index in [-0.39, 0.29) is 5.91 Å². The average Bonchev–Trinajstić information content (AvgIpc) is 2.51. The van der Waals surface area contributed by atoms with Crippen LogP contribution in [0, 0.1) is 0 Å². The third-order valence-electron chi connectivity index (χ3n) is 2.39. The van der Waals surface area contributed by atoms with E-state index in [2.05, 4.69) is 31.1 Å². The van der Waals surface area contributed by atoms with Crippen molar-refractivity contribution < 1.29 is 4.79 Å². The van der Waals surface area contributed by atoms with Crippen LogP contribution < -0.4 is 5.32 Å². The zero-order valence-electron chi connectivity index (χ0n) is 9.18. The molecule has 0 aliphatic carbocycles. The molecule has 0 atom stereocenters. The Morgan fingerprint density at radius 3 is 2.43 bits per heavy atom. The molecule has 0 spiro atoms. The van der Waals surface area contributed by atoms with Crippen molar-refractivity contribution in [3.05, 3.63) is 11.3 Å². The number of hydrogen-bond acceptors (Lipinski definition) is 2. The largest absolute Gasteiger partial charge is 0.309 e. The van der Waals surface area contributed by atoms with Crippen molar-refractivity contribution >= 4 is 11.7 Å². The van der Waals surface area contributed by atoms with Crippen LogP contribution in [0.1, 0.15) is 46.5 Å². The van der Waals surface area contributed by atoms with E-state index < -0.39 is 0 Å². The summed E-state index contributed by atoms with van der Waals surface area (Å²) < 4.78 is 0. The van der Waals surface area contributed by atoms with Gasteiger partial charge in [-0.15, -0.1) is 0 Å². The summed E-state index contributed by atoms with van der Waals surface area (Å²) in [6.45, 7) is 6.20. The molecule has 0 aromatic carbocycles. The van der Waals surface area contributed by atoms with Gasteiger partial charge >= 0.3 is 0 Å². The molecule has 0 saturated carbocycles. The summed E-state index contributed by atoms with van der Waals surface area (Å²) >= 11 is 0. The molecule has 0 aromatic rings. The molecule has 1 rings (SSSR count). The maximum absolute atomic E-state index is 11.5. The summed E-state index contributed by atoms with van der Waals surface area (Å²) in [4.78, 5) is 15.9. The van der Waals surface area contributed by atoms with Gasteiger partial charge < -0.3 is 5.32 Å². The van der Waals surface area contributed by atoms with Crippen LogP contribution in [0.25, 0.3) is 0 Å². The predicted octanol–water partition coefficient (Wildman–Crippen LogP) is 2.39. The molecule has 0 radical (unpaired) electrons. The van der Waals surface area contributed by atoms with Gasteiger partial charge in [-0.05, 0) is 24.8 Å². The smallest absolute Gasteiger partial charge is 0.275 e. The summed E-state index contributed by atoms with van der Waals surface area (Å²) in [5, 5.41) is 2.81. The van der Waals surface area contributed by atoms with E-state index in [1.165, 1.54) is 0 Å². The van der Waals surface area contributed by atoms with E-state index in [9.17, 15) is 4.79 Å². The molecule has 1 heterocycles. The van der Waals surface area contributed by atoms with Gasteiger partial charge in [-0.25, -0.2) is 4.99 Å². The Kier molecular flexibility index (Phi) is 3.86. The number of amides is 1. The molecule has 1 amide bonds. The summed E-state index contributed by atoms with van der Waals surface area (Å²) in [7, 11) is 0. The third kappa shape index (κ3) is 2.22. The van der Waals surface area contributed by atoms with Crippen LogP contribution in [0.5, 0.6) is 0 Å². The van der Waals surface area contributed by atoms with Crippen molar-refractivity contribution in [2.24, 2.45) is 4.99 Å². The highest BCUT2D eigenvalue weighted by Gasteiger charge is 2.21. The van der Waals surface area contributed by atoms with Crippen molar-refractivity contribution in [1.29, 1.82) is 0 Å². The number of hydrogen-bond donors (Lipinski definition) is 1. The van der Waals surface area contributed by atoms with Crippen LogP contribution in [-0.2, 0) is 4.79 Å². The SMILES string of the molecule is CCCC1=NC(=C(CC)CC)C(=O)N1. The number of allylic oxidation sites excluding steroid dienone is 1. The maximum Gasteiger partial charge on any atom is 0.275 e. The van der Waals surface area contributed by atoms with Gasteiger partial charge in [0, 0.05) is 6.42 Å². The Labute approximate surface area is 85.3 Å². The molecule has 3 heteroatoms. The van der Waals surface area contributed by atoms with Gasteiger partial charge in [-0.1, -0.05) is 20.8 Å². The number of nitrogens with one attached hydrogen (secondary N) is 1. The minimum absolute atomic E-state index is 0.0212. The van der Waals surface area contributed by atoms with Gasteiger partial charge in [0.1, 0.15) is 11.5 Å². The average molecular weight is 194 g/mol. The lowest BCUT2D eigenvalue weighted by atomic mass is 10.1. The molecular weight excluding hydrogens is 176 g/mol. The van der Waals surface area contributed by atoms with Crippen LogP contribution in [0.3, 0.4) is 0 Å². The lowest BCUT2D eigenvalue weighted by Gasteiger charge is -2.00. The standard InChI is InChI=1S/C11H18N2O/c1-4-7-9-12-10(11(14)13-9)8(5-2)6-3/h4-7H2,1-3H3,(H,12,13,14). The number of amidine groups is 1. The molecule has 14 heavy (non-hydrogen) atoms. The van der Waals surface area contributed by atoms with Gasteiger partial charge in [-0.3, -0.25) is 4.79 Å². The molecule has 0 aromatic heterocycles. The van der Waals surface area contributed by atoms with Crippen LogP contribution in [0.4, 0.5) is 0 Å².